The van der Waals surface area contributed by atoms with Crippen LogP contribution in [0.1, 0.15) is 31.4 Å². The summed E-state index contributed by atoms with van der Waals surface area (Å²) in [5.41, 5.74) is 6.74. The van der Waals surface area contributed by atoms with Gasteiger partial charge in [-0.3, -0.25) is 9.88 Å². The molecule has 1 saturated carbocycles. The first kappa shape index (κ1) is 13.8. The van der Waals surface area contributed by atoms with E-state index in [4.69, 9.17) is 10.9 Å². The standard InChI is InChI=1S/C14H22N4O/c15-14(17-19)11-18(13-6-1-2-7-13)10-8-12-5-3-4-9-16-12/h3-5,9,13,19H,1-2,6-8,10-11H2,(H2,15,17). The lowest BCUT2D eigenvalue weighted by Gasteiger charge is -2.28. The van der Waals surface area contributed by atoms with Gasteiger partial charge in [0.2, 0.25) is 0 Å². The maximum atomic E-state index is 8.74. The normalized spacial score (nSPS) is 17.2. The van der Waals surface area contributed by atoms with E-state index in [9.17, 15) is 0 Å². The molecule has 5 nitrogen and oxygen atoms in total. The lowest BCUT2D eigenvalue weighted by atomic mass is 10.1. The molecule has 104 valence electrons. The Morgan fingerprint density at radius 2 is 2.21 bits per heavy atom. The van der Waals surface area contributed by atoms with Gasteiger partial charge in [0.1, 0.15) is 0 Å². The van der Waals surface area contributed by atoms with Gasteiger partial charge in [0.25, 0.3) is 0 Å². The second kappa shape index (κ2) is 7.09. The van der Waals surface area contributed by atoms with E-state index in [-0.39, 0.29) is 5.84 Å². The third-order valence-corrected chi connectivity index (χ3v) is 3.72. The predicted molar refractivity (Wildman–Crippen MR) is 75.2 cm³/mol. The van der Waals surface area contributed by atoms with E-state index in [0.29, 0.717) is 12.6 Å². The van der Waals surface area contributed by atoms with Crippen LogP contribution in [-0.4, -0.2) is 40.1 Å². The van der Waals surface area contributed by atoms with Gasteiger partial charge in [0.15, 0.2) is 5.84 Å². The van der Waals surface area contributed by atoms with Gasteiger partial charge in [-0.25, -0.2) is 0 Å². The molecule has 0 atom stereocenters. The van der Waals surface area contributed by atoms with Crippen molar-refractivity contribution in [2.24, 2.45) is 10.9 Å². The summed E-state index contributed by atoms with van der Waals surface area (Å²) in [6.07, 6.45) is 7.69. The van der Waals surface area contributed by atoms with E-state index in [1.807, 2.05) is 24.4 Å². The molecular weight excluding hydrogens is 240 g/mol. The third-order valence-electron chi connectivity index (χ3n) is 3.72. The molecule has 1 aromatic heterocycles. The Balaban J connectivity index is 1.93. The molecule has 2 rings (SSSR count). The Hall–Kier alpha value is -1.62. The number of nitrogens with two attached hydrogens (primary N) is 1. The average Bonchev–Trinajstić information content (AvgIpc) is 2.98. The maximum absolute atomic E-state index is 8.74. The summed E-state index contributed by atoms with van der Waals surface area (Å²) in [4.78, 5) is 6.66. The van der Waals surface area contributed by atoms with E-state index in [1.165, 1.54) is 25.7 Å². The summed E-state index contributed by atoms with van der Waals surface area (Å²) in [5, 5.41) is 11.8. The van der Waals surface area contributed by atoms with Gasteiger partial charge in [0.05, 0.1) is 6.54 Å². The second-order valence-corrected chi connectivity index (χ2v) is 5.07. The van der Waals surface area contributed by atoms with E-state index in [1.54, 1.807) is 0 Å². The van der Waals surface area contributed by atoms with E-state index < -0.39 is 0 Å². The topological polar surface area (TPSA) is 74.7 Å². The Labute approximate surface area is 114 Å². The molecular formula is C14H22N4O. The minimum atomic E-state index is 0.285. The number of hydrogen-bond donors (Lipinski definition) is 2. The number of nitrogens with zero attached hydrogens (tertiary/aromatic N) is 3. The van der Waals surface area contributed by atoms with Gasteiger partial charge >= 0.3 is 0 Å². The van der Waals surface area contributed by atoms with E-state index in [0.717, 1.165) is 18.7 Å². The summed E-state index contributed by atoms with van der Waals surface area (Å²) in [7, 11) is 0. The molecule has 5 heteroatoms. The van der Waals surface area contributed by atoms with Crippen LogP contribution in [0.15, 0.2) is 29.6 Å². The number of aromatic nitrogens is 1. The summed E-state index contributed by atoms with van der Waals surface area (Å²) in [6, 6.07) is 6.53. The third kappa shape index (κ3) is 4.21. The van der Waals surface area contributed by atoms with Crippen LogP contribution in [0, 0.1) is 0 Å². The van der Waals surface area contributed by atoms with Crippen molar-refractivity contribution in [2.45, 2.75) is 38.1 Å². The van der Waals surface area contributed by atoms with Gasteiger partial charge < -0.3 is 10.9 Å². The van der Waals surface area contributed by atoms with Crippen molar-refractivity contribution in [3.05, 3.63) is 30.1 Å². The van der Waals surface area contributed by atoms with Gasteiger partial charge in [-0.15, -0.1) is 0 Å². The van der Waals surface area contributed by atoms with Crippen molar-refractivity contribution < 1.29 is 5.21 Å². The van der Waals surface area contributed by atoms with Crippen LogP contribution in [0.3, 0.4) is 0 Å². The molecule has 1 heterocycles. The fourth-order valence-corrected chi connectivity index (χ4v) is 2.70. The van der Waals surface area contributed by atoms with Crippen molar-refractivity contribution in [3.63, 3.8) is 0 Å². The van der Waals surface area contributed by atoms with Crippen LogP contribution in [0.5, 0.6) is 0 Å². The van der Waals surface area contributed by atoms with E-state index >= 15 is 0 Å². The van der Waals surface area contributed by atoms with Crippen molar-refractivity contribution in [1.29, 1.82) is 0 Å². The van der Waals surface area contributed by atoms with Crippen LogP contribution >= 0.6 is 0 Å². The number of pyridine rings is 1. The minimum Gasteiger partial charge on any atom is -0.409 e. The van der Waals surface area contributed by atoms with Gasteiger partial charge in [-0.2, -0.15) is 0 Å². The lowest BCUT2D eigenvalue weighted by Crippen LogP contribution is -2.41. The zero-order valence-corrected chi connectivity index (χ0v) is 11.2. The fourth-order valence-electron chi connectivity index (χ4n) is 2.70. The van der Waals surface area contributed by atoms with Crippen LogP contribution in [0.2, 0.25) is 0 Å². The van der Waals surface area contributed by atoms with Crippen molar-refractivity contribution in [2.75, 3.05) is 13.1 Å². The SMILES string of the molecule is NC(CN(CCc1ccccn1)C1CCCC1)=NO. The summed E-state index contributed by atoms with van der Waals surface area (Å²) in [6.45, 7) is 1.44. The summed E-state index contributed by atoms with van der Waals surface area (Å²) in [5.74, 6) is 0.285. The monoisotopic (exact) mass is 262 g/mol. The molecule has 0 aromatic carbocycles. The van der Waals surface area contributed by atoms with Crippen LogP contribution < -0.4 is 5.73 Å². The highest BCUT2D eigenvalue weighted by molar-refractivity contribution is 5.81. The first-order valence-corrected chi connectivity index (χ1v) is 6.90. The van der Waals surface area contributed by atoms with Crippen molar-refractivity contribution in [3.8, 4) is 0 Å². The molecule has 3 N–H and O–H groups in total. The molecule has 19 heavy (non-hydrogen) atoms. The molecule has 0 bridgehead atoms. The number of oxime groups is 1. The van der Waals surface area contributed by atoms with Crippen LogP contribution in [0.25, 0.3) is 0 Å². The summed E-state index contributed by atoms with van der Waals surface area (Å²) < 4.78 is 0. The van der Waals surface area contributed by atoms with Gasteiger partial charge in [-0.05, 0) is 25.0 Å². The predicted octanol–water partition coefficient (Wildman–Crippen LogP) is 1.62. The molecule has 0 saturated heterocycles. The fraction of sp³-hybridized carbons (Fsp3) is 0.571. The van der Waals surface area contributed by atoms with Crippen molar-refractivity contribution >= 4 is 5.84 Å². The molecule has 0 aliphatic heterocycles. The number of hydrogen-bond acceptors (Lipinski definition) is 4. The molecule has 0 radical (unpaired) electrons. The Bertz CT molecular complexity index is 401. The molecule has 1 aliphatic rings. The van der Waals surface area contributed by atoms with Gasteiger partial charge in [-0.1, -0.05) is 24.1 Å². The molecule has 1 fully saturated rings. The zero-order valence-electron chi connectivity index (χ0n) is 11.2. The first-order chi connectivity index (χ1) is 9.29. The molecule has 0 spiro atoms. The lowest BCUT2D eigenvalue weighted by molar-refractivity contribution is 0.224. The smallest absolute Gasteiger partial charge is 0.153 e. The largest absolute Gasteiger partial charge is 0.409 e. The highest BCUT2D eigenvalue weighted by atomic mass is 16.4. The maximum Gasteiger partial charge on any atom is 0.153 e. The average molecular weight is 262 g/mol. The highest BCUT2D eigenvalue weighted by Crippen LogP contribution is 2.23. The summed E-state index contributed by atoms with van der Waals surface area (Å²) >= 11 is 0. The second-order valence-electron chi connectivity index (χ2n) is 5.07. The van der Waals surface area contributed by atoms with Gasteiger partial charge in [0, 0.05) is 30.9 Å². The zero-order chi connectivity index (χ0) is 13.5. The minimum absolute atomic E-state index is 0.285. The quantitative estimate of drug-likeness (QED) is 0.353. The number of rotatable bonds is 6. The molecule has 1 aromatic rings. The molecule has 0 unspecified atom stereocenters. The van der Waals surface area contributed by atoms with Crippen LogP contribution in [-0.2, 0) is 6.42 Å². The first-order valence-electron chi connectivity index (χ1n) is 6.90. The Morgan fingerprint density at radius 1 is 1.42 bits per heavy atom. The Morgan fingerprint density at radius 3 is 2.84 bits per heavy atom. The van der Waals surface area contributed by atoms with Crippen LogP contribution in [0.4, 0.5) is 0 Å². The number of amidine groups is 1. The molecule has 0 amide bonds. The van der Waals surface area contributed by atoms with Crippen molar-refractivity contribution in [1.82, 2.24) is 9.88 Å². The molecule has 1 aliphatic carbocycles. The Kier molecular flexibility index (Phi) is 5.15. The highest BCUT2D eigenvalue weighted by Gasteiger charge is 2.23. The van der Waals surface area contributed by atoms with E-state index in [2.05, 4.69) is 15.0 Å².